The summed E-state index contributed by atoms with van der Waals surface area (Å²) in [4.78, 5) is 22.8. The molecule has 0 bridgehead atoms. The van der Waals surface area contributed by atoms with Crippen LogP contribution in [0.25, 0.3) is 0 Å². The van der Waals surface area contributed by atoms with E-state index in [1.165, 1.54) is 0 Å². The Hall–Kier alpha value is -0.690. The van der Waals surface area contributed by atoms with Crippen LogP contribution in [0.15, 0.2) is 18.2 Å². The number of hydrogen-bond donors (Lipinski definition) is 1. The van der Waals surface area contributed by atoms with E-state index in [2.05, 4.69) is 5.32 Å². The summed E-state index contributed by atoms with van der Waals surface area (Å²) in [5, 5.41) is 1.44. The van der Waals surface area contributed by atoms with E-state index in [-0.39, 0.29) is 40.7 Å². The molecule has 0 aliphatic carbocycles. The maximum atomic E-state index is 11.6. The molecular weight excluding hydrogens is 289 g/mol. The number of thioether (sulfide) groups is 1. The average molecular weight is 305 g/mol. The number of imide groups is 1. The average Bonchev–Trinajstić information content (AvgIpc) is 2.71. The number of carbonyl (C=O) groups excluding carboxylic acids is 2. The first-order chi connectivity index (χ1) is 9.15. The summed E-state index contributed by atoms with van der Waals surface area (Å²) in [5.74, 6) is 0.944. The summed E-state index contributed by atoms with van der Waals surface area (Å²) >= 11 is 0.977. The molecule has 0 spiro atoms. The van der Waals surface area contributed by atoms with Crippen molar-refractivity contribution >= 4 is 52.5 Å². The molecule has 2 rings (SSSR count). The minimum atomic E-state index is -0.512. The van der Waals surface area contributed by atoms with Crippen molar-refractivity contribution in [3.05, 3.63) is 23.8 Å². The summed E-state index contributed by atoms with van der Waals surface area (Å²) in [5.41, 5.74) is 0.736. The quantitative estimate of drug-likeness (QED) is 0.841. The van der Waals surface area contributed by atoms with Crippen LogP contribution in [-0.2, 0) is 4.79 Å². The standard InChI is InChI=1S/C13H15NO4S.Na.H/c1-3-17-9-6-5-8(7-10(9)18-4-2)11-12(15)14-13(16)19-11;;/h5-7,11H,3-4H2,1-2H3,(H,14,15,16);;. The fourth-order valence-corrected chi connectivity index (χ4v) is 2.63. The summed E-state index contributed by atoms with van der Waals surface area (Å²) in [6.45, 7) is 4.81. The molecule has 2 amide bonds. The molecule has 1 heterocycles. The van der Waals surface area contributed by atoms with Gasteiger partial charge in [-0.05, 0) is 43.3 Å². The second kappa shape index (κ2) is 7.93. The number of rotatable bonds is 5. The molecule has 1 aliphatic heterocycles. The van der Waals surface area contributed by atoms with Gasteiger partial charge in [-0.1, -0.05) is 6.07 Å². The number of benzene rings is 1. The number of carbonyl (C=O) groups is 2. The third kappa shape index (κ3) is 3.91. The van der Waals surface area contributed by atoms with Crippen LogP contribution < -0.4 is 14.8 Å². The molecule has 1 fully saturated rings. The van der Waals surface area contributed by atoms with Gasteiger partial charge in [0.25, 0.3) is 5.24 Å². The van der Waals surface area contributed by atoms with E-state index in [9.17, 15) is 9.59 Å². The molecule has 1 aromatic carbocycles. The fraction of sp³-hybridized carbons (Fsp3) is 0.385. The number of nitrogens with one attached hydrogen (secondary N) is 1. The molecule has 5 nitrogen and oxygen atoms in total. The molecule has 1 N–H and O–H groups in total. The van der Waals surface area contributed by atoms with Crippen LogP contribution >= 0.6 is 11.8 Å². The zero-order valence-electron chi connectivity index (χ0n) is 10.8. The third-order valence-electron chi connectivity index (χ3n) is 2.56. The van der Waals surface area contributed by atoms with Crippen molar-refractivity contribution in [2.45, 2.75) is 19.1 Å². The predicted octanol–water partition coefficient (Wildman–Crippen LogP) is 1.86. The predicted molar refractivity (Wildman–Crippen MR) is 79.8 cm³/mol. The molecule has 0 radical (unpaired) electrons. The topological polar surface area (TPSA) is 64.6 Å². The van der Waals surface area contributed by atoms with Gasteiger partial charge in [0, 0.05) is 0 Å². The molecule has 7 heteroatoms. The second-order valence-corrected chi connectivity index (χ2v) is 4.92. The first kappa shape index (κ1) is 17.4. The molecule has 1 atom stereocenters. The Morgan fingerprint density at radius 2 is 1.80 bits per heavy atom. The van der Waals surface area contributed by atoms with Crippen molar-refractivity contribution in [2.24, 2.45) is 0 Å². The second-order valence-electron chi connectivity index (χ2n) is 3.85. The van der Waals surface area contributed by atoms with Crippen molar-refractivity contribution < 1.29 is 19.1 Å². The van der Waals surface area contributed by atoms with Crippen LogP contribution in [0.2, 0.25) is 0 Å². The Labute approximate surface area is 144 Å². The normalized spacial score (nSPS) is 17.4. The molecular formula is C13H16NNaO4S. The van der Waals surface area contributed by atoms with Gasteiger partial charge in [-0.15, -0.1) is 0 Å². The zero-order chi connectivity index (χ0) is 13.8. The van der Waals surface area contributed by atoms with Gasteiger partial charge >= 0.3 is 29.6 Å². The third-order valence-corrected chi connectivity index (χ3v) is 3.60. The van der Waals surface area contributed by atoms with Gasteiger partial charge in [-0.25, -0.2) is 0 Å². The Bertz CT molecular complexity index is 509. The van der Waals surface area contributed by atoms with Gasteiger partial charge in [-0.2, -0.15) is 0 Å². The van der Waals surface area contributed by atoms with Crippen LogP contribution in [0.4, 0.5) is 4.79 Å². The monoisotopic (exact) mass is 305 g/mol. The van der Waals surface area contributed by atoms with E-state index in [0.717, 1.165) is 17.3 Å². The van der Waals surface area contributed by atoms with E-state index in [1.54, 1.807) is 18.2 Å². The zero-order valence-corrected chi connectivity index (χ0v) is 11.6. The summed E-state index contributed by atoms with van der Waals surface area (Å²) in [6, 6.07) is 5.30. The molecule has 1 aliphatic rings. The van der Waals surface area contributed by atoms with Gasteiger partial charge < -0.3 is 9.47 Å². The van der Waals surface area contributed by atoms with E-state index in [1.807, 2.05) is 13.8 Å². The number of hydrogen-bond acceptors (Lipinski definition) is 5. The number of ether oxygens (including phenoxy) is 2. The molecule has 104 valence electrons. The van der Waals surface area contributed by atoms with Gasteiger partial charge in [0.05, 0.1) is 13.2 Å². The van der Waals surface area contributed by atoms with Gasteiger partial charge in [0.2, 0.25) is 5.91 Å². The Morgan fingerprint density at radius 3 is 2.35 bits per heavy atom. The van der Waals surface area contributed by atoms with Crippen molar-refractivity contribution in [1.29, 1.82) is 0 Å². The van der Waals surface area contributed by atoms with Crippen molar-refractivity contribution in [1.82, 2.24) is 5.32 Å². The van der Waals surface area contributed by atoms with E-state index in [0.29, 0.717) is 24.7 Å². The van der Waals surface area contributed by atoms with E-state index in [4.69, 9.17) is 9.47 Å². The van der Waals surface area contributed by atoms with E-state index < -0.39 is 5.25 Å². The summed E-state index contributed by atoms with van der Waals surface area (Å²) in [6.07, 6.45) is 0. The molecule has 0 aromatic heterocycles. The minimum absolute atomic E-state index is 0. The molecule has 1 saturated heterocycles. The first-order valence-electron chi connectivity index (χ1n) is 6.06. The van der Waals surface area contributed by atoms with Gasteiger partial charge in [-0.3, -0.25) is 14.9 Å². The first-order valence-corrected chi connectivity index (χ1v) is 6.94. The molecule has 1 aromatic rings. The maximum absolute atomic E-state index is 11.6. The Kier molecular flexibility index (Phi) is 6.88. The van der Waals surface area contributed by atoms with Crippen molar-refractivity contribution in [3.63, 3.8) is 0 Å². The molecule has 20 heavy (non-hydrogen) atoms. The number of amides is 2. The summed E-state index contributed by atoms with van der Waals surface area (Å²) in [7, 11) is 0. The molecule has 1 unspecified atom stereocenters. The van der Waals surface area contributed by atoms with Crippen LogP contribution in [0.5, 0.6) is 11.5 Å². The van der Waals surface area contributed by atoms with Gasteiger partial charge in [0.1, 0.15) is 5.25 Å². The fourth-order valence-electron chi connectivity index (χ4n) is 1.81. The molecule has 0 saturated carbocycles. The van der Waals surface area contributed by atoms with Crippen molar-refractivity contribution in [3.8, 4) is 11.5 Å². The Balaban J connectivity index is 0.00000200. The SMILES string of the molecule is CCOc1ccc(C2SC(=O)NC2=O)cc1OCC.[NaH]. The van der Waals surface area contributed by atoms with Gasteiger partial charge in [0.15, 0.2) is 11.5 Å². The van der Waals surface area contributed by atoms with Crippen LogP contribution in [0.1, 0.15) is 24.7 Å². The van der Waals surface area contributed by atoms with Crippen LogP contribution in [0.3, 0.4) is 0 Å². The summed E-state index contributed by atoms with van der Waals surface area (Å²) < 4.78 is 11.0. The van der Waals surface area contributed by atoms with Crippen molar-refractivity contribution in [2.75, 3.05) is 13.2 Å². The van der Waals surface area contributed by atoms with E-state index >= 15 is 0 Å². The van der Waals surface area contributed by atoms with Crippen LogP contribution in [-0.4, -0.2) is 53.9 Å². The Morgan fingerprint density at radius 1 is 1.15 bits per heavy atom. The van der Waals surface area contributed by atoms with Crippen LogP contribution in [0, 0.1) is 0 Å².